The minimum Gasteiger partial charge on any atom is -0.342 e. The van der Waals surface area contributed by atoms with Gasteiger partial charge >= 0.3 is 0 Å². The van der Waals surface area contributed by atoms with Crippen molar-refractivity contribution in [3.8, 4) is 0 Å². The molecule has 1 spiro atoms. The van der Waals surface area contributed by atoms with E-state index in [1.165, 1.54) is 0 Å². The van der Waals surface area contributed by atoms with Crippen LogP contribution in [0.2, 0.25) is 0 Å². The van der Waals surface area contributed by atoms with Gasteiger partial charge in [-0.25, -0.2) is 0 Å². The molecular weight excluding hydrogens is 228 g/mol. The number of carbonyl (C=O) groups excluding carboxylic acids is 2. The van der Waals surface area contributed by atoms with Crippen LogP contribution >= 0.6 is 0 Å². The summed E-state index contributed by atoms with van der Waals surface area (Å²) in [6.07, 6.45) is 7.14. The summed E-state index contributed by atoms with van der Waals surface area (Å²) in [5.74, 6) is 0.0920. The second kappa shape index (κ2) is 5.12. The van der Waals surface area contributed by atoms with Crippen molar-refractivity contribution in [3.05, 3.63) is 12.7 Å². The first-order valence-electron chi connectivity index (χ1n) is 6.89. The van der Waals surface area contributed by atoms with Gasteiger partial charge in [0.05, 0.1) is 0 Å². The predicted molar refractivity (Wildman–Crippen MR) is 69.9 cm³/mol. The van der Waals surface area contributed by atoms with E-state index in [1.54, 1.807) is 11.0 Å². The maximum Gasteiger partial charge on any atom is 0.246 e. The first kappa shape index (κ1) is 13.1. The van der Waals surface area contributed by atoms with E-state index in [0.717, 1.165) is 32.1 Å². The number of hydrogen-bond acceptors (Lipinski definition) is 2. The highest BCUT2D eigenvalue weighted by Crippen LogP contribution is 2.36. The number of nitrogens with zero attached hydrogens (tertiary/aromatic N) is 1. The molecular formula is C14H22N2O2. The first-order chi connectivity index (χ1) is 8.65. The van der Waals surface area contributed by atoms with Crippen LogP contribution in [0.5, 0.6) is 0 Å². The molecule has 1 unspecified atom stereocenters. The van der Waals surface area contributed by atoms with E-state index in [1.807, 2.05) is 6.92 Å². The average Bonchev–Trinajstić information content (AvgIpc) is 2.40. The first-order valence-corrected chi connectivity index (χ1v) is 6.89. The Bertz CT molecular complexity index is 359. The molecule has 0 aromatic carbocycles. The van der Waals surface area contributed by atoms with Crippen molar-refractivity contribution in [3.63, 3.8) is 0 Å². The largest absolute Gasteiger partial charge is 0.342 e. The van der Waals surface area contributed by atoms with Gasteiger partial charge < -0.3 is 10.2 Å². The Morgan fingerprint density at radius 2 is 2.06 bits per heavy atom. The fourth-order valence-corrected chi connectivity index (χ4v) is 3.18. The van der Waals surface area contributed by atoms with Crippen LogP contribution in [0, 0.1) is 0 Å². The molecule has 1 saturated heterocycles. The fraction of sp³-hybridized carbons (Fsp3) is 0.714. The van der Waals surface area contributed by atoms with Crippen molar-refractivity contribution in [1.82, 2.24) is 10.2 Å². The molecule has 0 bridgehead atoms. The minimum atomic E-state index is -0.602. The summed E-state index contributed by atoms with van der Waals surface area (Å²) in [7, 11) is 0. The molecule has 0 aromatic rings. The number of piperazine rings is 1. The van der Waals surface area contributed by atoms with Crippen molar-refractivity contribution in [2.75, 3.05) is 6.54 Å². The van der Waals surface area contributed by atoms with Crippen LogP contribution < -0.4 is 5.32 Å². The van der Waals surface area contributed by atoms with Crippen molar-refractivity contribution in [1.29, 1.82) is 0 Å². The molecule has 2 rings (SSSR count). The van der Waals surface area contributed by atoms with Crippen LogP contribution in [-0.4, -0.2) is 34.8 Å². The van der Waals surface area contributed by atoms with Gasteiger partial charge in [-0.1, -0.05) is 32.3 Å². The van der Waals surface area contributed by atoms with E-state index in [2.05, 4.69) is 11.9 Å². The molecule has 2 aliphatic rings. The van der Waals surface area contributed by atoms with Gasteiger partial charge in [-0.15, -0.1) is 6.58 Å². The highest BCUT2D eigenvalue weighted by molar-refractivity contribution is 6.00. The molecule has 18 heavy (non-hydrogen) atoms. The third kappa shape index (κ3) is 1.93. The molecule has 0 radical (unpaired) electrons. The highest BCUT2D eigenvalue weighted by Gasteiger charge is 2.51. The van der Waals surface area contributed by atoms with Crippen LogP contribution in [0.1, 0.15) is 45.4 Å². The lowest BCUT2D eigenvalue weighted by Gasteiger charge is -2.49. The third-order valence-electron chi connectivity index (χ3n) is 4.21. The molecule has 100 valence electrons. The molecule has 2 amide bonds. The van der Waals surface area contributed by atoms with Crippen LogP contribution in [-0.2, 0) is 9.59 Å². The Morgan fingerprint density at radius 3 is 2.61 bits per heavy atom. The van der Waals surface area contributed by atoms with Crippen molar-refractivity contribution in [2.24, 2.45) is 0 Å². The zero-order chi connectivity index (χ0) is 13.2. The molecule has 0 aromatic heterocycles. The van der Waals surface area contributed by atoms with Gasteiger partial charge in [0, 0.05) is 6.54 Å². The molecule has 4 nitrogen and oxygen atoms in total. The number of amides is 2. The lowest BCUT2D eigenvalue weighted by Crippen LogP contribution is -2.70. The molecule has 1 aliphatic heterocycles. The monoisotopic (exact) mass is 250 g/mol. The molecule has 4 heteroatoms. The van der Waals surface area contributed by atoms with E-state index in [-0.39, 0.29) is 17.9 Å². The lowest BCUT2D eigenvalue weighted by atomic mass is 9.77. The van der Waals surface area contributed by atoms with Crippen LogP contribution in [0.3, 0.4) is 0 Å². The molecule has 1 saturated carbocycles. The summed E-state index contributed by atoms with van der Waals surface area (Å²) < 4.78 is 0. The number of nitrogens with one attached hydrogen (secondary N) is 1. The Balaban J connectivity index is 2.32. The van der Waals surface area contributed by atoms with Crippen molar-refractivity contribution >= 4 is 11.8 Å². The van der Waals surface area contributed by atoms with Gasteiger partial charge in [-0.05, 0) is 19.3 Å². The molecule has 1 N–H and O–H groups in total. The lowest BCUT2D eigenvalue weighted by molar-refractivity contribution is -0.159. The summed E-state index contributed by atoms with van der Waals surface area (Å²) in [6, 6.07) is -0.356. The van der Waals surface area contributed by atoms with Crippen molar-refractivity contribution in [2.45, 2.75) is 57.0 Å². The van der Waals surface area contributed by atoms with Gasteiger partial charge in [0.15, 0.2) is 0 Å². The SMILES string of the molecule is C=CCN1C(=O)C(CC)NC(=O)C12CCCCC2. The van der Waals surface area contributed by atoms with E-state index in [4.69, 9.17) is 0 Å². The normalized spacial score (nSPS) is 27.2. The van der Waals surface area contributed by atoms with Gasteiger partial charge in [-0.2, -0.15) is 0 Å². The molecule has 1 aliphatic carbocycles. The second-order valence-corrected chi connectivity index (χ2v) is 5.26. The third-order valence-corrected chi connectivity index (χ3v) is 4.21. The van der Waals surface area contributed by atoms with E-state index in [9.17, 15) is 9.59 Å². The molecule has 1 heterocycles. The highest BCUT2D eigenvalue weighted by atomic mass is 16.2. The maximum absolute atomic E-state index is 12.4. The Labute approximate surface area is 108 Å². The average molecular weight is 250 g/mol. The van der Waals surface area contributed by atoms with Crippen molar-refractivity contribution < 1.29 is 9.59 Å². The van der Waals surface area contributed by atoms with Gasteiger partial charge in [0.2, 0.25) is 11.8 Å². The minimum absolute atomic E-state index is 0.0375. The predicted octanol–water partition coefficient (Wildman–Crippen LogP) is 1.61. The summed E-state index contributed by atoms with van der Waals surface area (Å²) in [6.45, 7) is 6.12. The Morgan fingerprint density at radius 1 is 1.39 bits per heavy atom. The zero-order valence-electron chi connectivity index (χ0n) is 11.1. The molecule has 1 atom stereocenters. The molecule has 2 fully saturated rings. The Hall–Kier alpha value is -1.32. The Kier molecular flexibility index (Phi) is 3.73. The topological polar surface area (TPSA) is 49.4 Å². The number of rotatable bonds is 3. The van der Waals surface area contributed by atoms with Gasteiger partial charge in [0.25, 0.3) is 0 Å². The number of carbonyl (C=O) groups is 2. The van der Waals surface area contributed by atoms with E-state index < -0.39 is 5.54 Å². The standard InChI is InChI=1S/C14H22N2O2/c1-3-10-16-12(17)11(4-2)15-13(18)14(16)8-6-5-7-9-14/h3,11H,1,4-10H2,2H3,(H,15,18). The van der Waals surface area contributed by atoms with E-state index in [0.29, 0.717) is 13.0 Å². The summed E-state index contributed by atoms with van der Waals surface area (Å²) in [5, 5.41) is 2.90. The second-order valence-electron chi connectivity index (χ2n) is 5.26. The smallest absolute Gasteiger partial charge is 0.246 e. The summed E-state index contributed by atoms with van der Waals surface area (Å²) in [4.78, 5) is 26.6. The van der Waals surface area contributed by atoms with E-state index >= 15 is 0 Å². The quantitative estimate of drug-likeness (QED) is 0.774. The summed E-state index contributed by atoms with van der Waals surface area (Å²) in [5.41, 5.74) is -0.602. The fourth-order valence-electron chi connectivity index (χ4n) is 3.18. The number of hydrogen-bond donors (Lipinski definition) is 1. The van der Waals surface area contributed by atoms with Crippen LogP contribution in [0.25, 0.3) is 0 Å². The summed E-state index contributed by atoms with van der Waals surface area (Å²) >= 11 is 0. The van der Waals surface area contributed by atoms with Gasteiger partial charge in [-0.3, -0.25) is 9.59 Å². The maximum atomic E-state index is 12.4. The zero-order valence-corrected chi connectivity index (χ0v) is 11.1. The van der Waals surface area contributed by atoms with Gasteiger partial charge in [0.1, 0.15) is 11.6 Å². The van der Waals surface area contributed by atoms with Crippen LogP contribution in [0.4, 0.5) is 0 Å². The van der Waals surface area contributed by atoms with Crippen LogP contribution in [0.15, 0.2) is 12.7 Å².